The van der Waals surface area contributed by atoms with Gasteiger partial charge in [0.2, 0.25) is 11.8 Å². The molecule has 5 nitrogen and oxygen atoms in total. The first-order valence-corrected chi connectivity index (χ1v) is 8.47. The number of carbonyl (C=O) groups excluding carboxylic acids is 2. The molecule has 0 spiro atoms. The first-order valence-electron chi connectivity index (χ1n) is 8.47. The molecule has 0 aliphatic rings. The number of unbranched alkanes of at least 4 members (excludes halogenated alkanes) is 2. The lowest BCUT2D eigenvalue weighted by Crippen LogP contribution is -2.12. The van der Waals surface area contributed by atoms with Crippen molar-refractivity contribution in [1.82, 2.24) is 0 Å². The first-order chi connectivity index (χ1) is 12.2. The molecule has 0 radical (unpaired) electrons. The van der Waals surface area contributed by atoms with Gasteiger partial charge in [0.1, 0.15) is 5.75 Å². The summed E-state index contributed by atoms with van der Waals surface area (Å²) in [6.07, 6.45) is 3.24. The quantitative estimate of drug-likeness (QED) is 0.672. The predicted octanol–water partition coefficient (Wildman–Crippen LogP) is 4.22. The Hall–Kier alpha value is -2.82. The maximum absolute atomic E-state index is 12.0. The summed E-state index contributed by atoms with van der Waals surface area (Å²) >= 11 is 0. The van der Waals surface area contributed by atoms with Gasteiger partial charge in [-0.2, -0.15) is 0 Å². The highest BCUT2D eigenvalue weighted by molar-refractivity contribution is 5.92. The lowest BCUT2D eigenvalue weighted by atomic mass is 10.1. The molecule has 0 heterocycles. The van der Waals surface area contributed by atoms with Crippen LogP contribution in [0, 0.1) is 0 Å². The highest BCUT2D eigenvalue weighted by Gasteiger charge is 2.07. The summed E-state index contributed by atoms with van der Waals surface area (Å²) in [6.45, 7) is 0. The van der Waals surface area contributed by atoms with Gasteiger partial charge in [-0.1, -0.05) is 36.8 Å². The van der Waals surface area contributed by atoms with Gasteiger partial charge < -0.3 is 15.4 Å². The van der Waals surface area contributed by atoms with Crippen LogP contribution in [-0.4, -0.2) is 18.9 Å². The molecular weight excluding hydrogens is 316 g/mol. The van der Waals surface area contributed by atoms with Crippen LogP contribution in [0.5, 0.6) is 5.75 Å². The molecule has 0 aliphatic carbocycles. The fourth-order valence-electron chi connectivity index (χ4n) is 2.45. The molecule has 0 aromatic heterocycles. The largest absolute Gasteiger partial charge is 0.495 e. The maximum Gasteiger partial charge on any atom is 0.224 e. The molecule has 2 amide bonds. The Morgan fingerprint density at radius 2 is 1.40 bits per heavy atom. The number of ether oxygens (including phenoxy) is 1. The molecule has 2 N–H and O–H groups in total. The third-order valence-electron chi connectivity index (χ3n) is 3.75. The molecule has 132 valence electrons. The van der Waals surface area contributed by atoms with E-state index < -0.39 is 0 Å². The van der Waals surface area contributed by atoms with Crippen molar-refractivity contribution >= 4 is 23.2 Å². The van der Waals surface area contributed by atoms with Crippen LogP contribution in [0.4, 0.5) is 11.4 Å². The van der Waals surface area contributed by atoms with E-state index in [1.165, 1.54) is 0 Å². The number of carbonyl (C=O) groups is 2. The van der Waals surface area contributed by atoms with Gasteiger partial charge in [0.05, 0.1) is 12.8 Å². The van der Waals surface area contributed by atoms with Crippen molar-refractivity contribution in [1.29, 1.82) is 0 Å². The molecule has 0 atom stereocenters. The van der Waals surface area contributed by atoms with Crippen LogP contribution in [0.3, 0.4) is 0 Å². The van der Waals surface area contributed by atoms with Gasteiger partial charge in [-0.25, -0.2) is 0 Å². The van der Waals surface area contributed by atoms with Crippen LogP contribution in [0.2, 0.25) is 0 Å². The lowest BCUT2D eigenvalue weighted by molar-refractivity contribution is -0.116. The third-order valence-corrected chi connectivity index (χ3v) is 3.75. The highest BCUT2D eigenvalue weighted by Crippen LogP contribution is 2.23. The fourth-order valence-corrected chi connectivity index (χ4v) is 2.45. The monoisotopic (exact) mass is 340 g/mol. The van der Waals surface area contributed by atoms with Crippen molar-refractivity contribution in [2.45, 2.75) is 32.1 Å². The molecule has 2 aromatic rings. The molecule has 2 rings (SSSR count). The molecule has 0 aliphatic heterocycles. The smallest absolute Gasteiger partial charge is 0.224 e. The minimum Gasteiger partial charge on any atom is -0.495 e. The summed E-state index contributed by atoms with van der Waals surface area (Å²) in [4.78, 5) is 23.8. The molecule has 0 unspecified atom stereocenters. The molecule has 25 heavy (non-hydrogen) atoms. The summed E-state index contributed by atoms with van der Waals surface area (Å²) in [5.74, 6) is 0.608. The van der Waals surface area contributed by atoms with Gasteiger partial charge in [0.15, 0.2) is 0 Å². The zero-order valence-corrected chi connectivity index (χ0v) is 14.5. The Morgan fingerprint density at radius 3 is 2.08 bits per heavy atom. The zero-order chi connectivity index (χ0) is 17.9. The second kappa shape index (κ2) is 10.1. The first kappa shape index (κ1) is 18.5. The van der Waals surface area contributed by atoms with Crippen molar-refractivity contribution < 1.29 is 14.3 Å². The van der Waals surface area contributed by atoms with Crippen molar-refractivity contribution in [3.05, 3.63) is 54.6 Å². The minimum atomic E-state index is -0.0433. The van der Waals surface area contributed by atoms with Crippen LogP contribution < -0.4 is 15.4 Å². The van der Waals surface area contributed by atoms with E-state index in [0.29, 0.717) is 24.3 Å². The third kappa shape index (κ3) is 6.67. The van der Waals surface area contributed by atoms with E-state index in [1.807, 2.05) is 48.5 Å². The van der Waals surface area contributed by atoms with E-state index in [9.17, 15) is 9.59 Å². The SMILES string of the molecule is COc1ccccc1NC(=O)CCCCCC(=O)Nc1ccccc1. The maximum atomic E-state index is 12.0. The van der Waals surface area contributed by atoms with Crippen LogP contribution in [0.15, 0.2) is 54.6 Å². The number of hydrogen-bond acceptors (Lipinski definition) is 3. The predicted molar refractivity (Wildman–Crippen MR) is 99.8 cm³/mol. The number of benzene rings is 2. The minimum absolute atomic E-state index is 0.00433. The number of hydrogen-bond donors (Lipinski definition) is 2. The summed E-state index contributed by atoms with van der Waals surface area (Å²) in [5, 5.41) is 5.71. The van der Waals surface area contributed by atoms with Gasteiger partial charge in [0, 0.05) is 18.5 Å². The summed E-state index contributed by atoms with van der Waals surface area (Å²) in [7, 11) is 1.57. The summed E-state index contributed by atoms with van der Waals surface area (Å²) in [6, 6.07) is 16.7. The van der Waals surface area contributed by atoms with Gasteiger partial charge in [-0.05, 0) is 37.1 Å². The van der Waals surface area contributed by atoms with Crippen molar-refractivity contribution in [3.63, 3.8) is 0 Å². The van der Waals surface area contributed by atoms with E-state index in [0.717, 1.165) is 24.9 Å². The second-order valence-electron chi connectivity index (χ2n) is 5.72. The molecule has 0 saturated carbocycles. The van der Waals surface area contributed by atoms with Crippen LogP contribution in [0.25, 0.3) is 0 Å². The molecular formula is C20H24N2O3. The number of nitrogens with one attached hydrogen (secondary N) is 2. The van der Waals surface area contributed by atoms with E-state index in [1.54, 1.807) is 13.2 Å². The summed E-state index contributed by atoms with van der Waals surface area (Å²) < 4.78 is 5.21. The molecule has 2 aromatic carbocycles. The van der Waals surface area contributed by atoms with Crippen molar-refractivity contribution in [2.24, 2.45) is 0 Å². The number of rotatable bonds is 9. The van der Waals surface area contributed by atoms with E-state index in [2.05, 4.69) is 10.6 Å². The van der Waals surface area contributed by atoms with Crippen LogP contribution in [0.1, 0.15) is 32.1 Å². The number of anilines is 2. The lowest BCUT2D eigenvalue weighted by Gasteiger charge is -2.09. The standard InChI is InChI=1S/C20H24N2O3/c1-25-18-13-9-8-12-17(18)22-20(24)15-7-3-6-14-19(23)21-16-10-4-2-5-11-16/h2,4-5,8-13H,3,6-7,14-15H2,1H3,(H,21,23)(H,22,24). The Balaban J connectivity index is 1.61. The van der Waals surface area contributed by atoms with Crippen molar-refractivity contribution in [3.8, 4) is 5.75 Å². The second-order valence-corrected chi connectivity index (χ2v) is 5.72. The number of para-hydroxylation sites is 3. The topological polar surface area (TPSA) is 67.4 Å². The van der Waals surface area contributed by atoms with E-state index >= 15 is 0 Å². The van der Waals surface area contributed by atoms with Gasteiger partial charge in [-0.3, -0.25) is 9.59 Å². The van der Waals surface area contributed by atoms with Crippen LogP contribution in [-0.2, 0) is 9.59 Å². The van der Waals surface area contributed by atoms with Gasteiger partial charge in [0.25, 0.3) is 0 Å². The molecule has 0 bridgehead atoms. The highest BCUT2D eigenvalue weighted by atomic mass is 16.5. The van der Waals surface area contributed by atoms with Crippen LogP contribution >= 0.6 is 0 Å². The normalized spacial score (nSPS) is 10.1. The van der Waals surface area contributed by atoms with E-state index in [4.69, 9.17) is 4.74 Å². The Bertz CT molecular complexity index is 686. The van der Waals surface area contributed by atoms with Gasteiger partial charge in [-0.15, -0.1) is 0 Å². The molecule has 0 fully saturated rings. The fraction of sp³-hybridized carbons (Fsp3) is 0.300. The Morgan fingerprint density at radius 1 is 0.800 bits per heavy atom. The number of methoxy groups -OCH3 is 1. The van der Waals surface area contributed by atoms with E-state index in [-0.39, 0.29) is 11.8 Å². The number of amides is 2. The Labute approximate surface area is 148 Å². The van der Waals surface area contributed by atoms with Gasteiger partial charge >= 0.3 is 0 Å². The molecule has 5 heteroatoms. The summed E-state index contributed by atoms with van der Waals surface area (Å²) in [5.41, 5.74) is 1.49. The van der Waals surface area contributed by atoms with Crippen molar-refractivity contribution in [2.75, 3.05) is 17.7 Å². The molecule has 0 saturated heterocycles. The average molecular weight is 340 g/mol. The average Bonchev–Trinajstić information content (AvgIpc) is 2.62. The Kier molecular flexibility index (Phi) is 7.50. The zero-order valence-electron chi connectivity index (χ0n) is 14.5.